The lowest BCUT2D eigenvalue weighted by Crippen LogP contribution is -2.30. The van der Waals surface area contributed by atoms with Gasteiger partial charge < -0.3 is 16.3 Å². The Labute approximate surface area is 92.1 Å². The van der Waals surface area contributed by atoms with Crippen molar-refractivity contribution < 1.29 is 10.0 Å². The molecule has 0 radical (unpaired) electrons. The molecule has 0 saturated heterocycles. The minimum absolute atomic E-state index is 0.117. The fourth-order valence-corrected chi connectivity index (χ4v) is 1.07. The molecule has 0 saturated carbocycles. The molecular weight excluding hydrogens is 212 g/mol. The highest BCUT2D eigenvalue weighted by Gasteiger charge is 2.05. The molecule has 1 heterocycles. The first-order chi connectivity index (χ1) is 7.61. The molecule has 1 amide bonds. The summed E-state index contributed by atoms with van der Waals surface area (Å²) in [7, 11) is 1.77. The van der Waals surface area contributed by atoms with E-state index in [1.165, 1.54) is 0 Å². The average Bonchev–Trinajstić information content (AvgIpc) is 2.64. The first-order valence-corrected chi connectivity index (χ1v) is 4.69. The van der Waals surface area contributed by atoms with Crippen molar-refractivity contribution in [2.75, 3.05) is 6.54 Å². The van der Waals surface area contributed by atoms with Crippen LogP contribution >= 0.6 is 0 Å². The van der Waals surface area contributed by atoms with Crippen molar-refractivity contribution in [2.24, 2.45) is 17.9 Å². The predicted octanol–water partition coefficient (Wildman–Crippen LogP) is -1.39. The number of nitrogens with two attached hydrogens (primary N) is 1. The van der Waals surface area contributed by atoms with Crippen molar-refractivity contribution in [1.82, 2.24) is 20.1 Å². The number of nitrogens with one attached hydrogen (secondary N) is 1. The number of amides is 1. The summed E-state index contributed by atoms with van der Waals surface area (Å²) in [5.41, 5.74) is 5.17. The minimum Gasteiger partial charge on any atom is -0.409 e. The molecule has 0 atom stereocenters. The van der Waals surface area contributed by atoms with Gasteiger partial charge in [0.1, 0.15) is 12.2 Å². The zero-order valence-corrected chi connectivity index (χ0v) is 8.92. The van der Waals surface area contributed by atoms with Gasteiger partial charge in [-0.25, -0.2) is 4.98 Å². The minimum atomic E-state index is -0.300. The fraction of sp³-hybridized carbons (Fsp3) is 0.500. The largest absolute Gasteiger partial charge is 0.409 e. The Bertz CT molecular complexity index is 386. The van der Waals surface area contributed by atoms with Gasteiger partial charge in [0, 0.05) is 20.0 Å². The van der Waals surface area contributed by atoms with Crippen molar-refractivity contribution in [1.29, 1.82) is 0 Å². The van der Waals surface area contributed by atoms with E-state index in [9.17, 15) is 4.79 Å². The van der Waals surface area contributed by atoms with Gasteiger partial charge in [0.25, 0.3) is 0 Å². The van der Waals surface area contributed by atoms with Crippen LogP contribution in [0.5, 0.6) is 0 Å². The number of carbonyl (C=O) groups is 1. The molecule has 4 N–H and O–H groups in total. The van der Waals surface area contributed by atoms with Gasteiger partial charge in [-0.1, -0.05) is 5.16 Å². The number of rotatable bonds is 5. The Kier molecular flexibility index (Phi) is 4.25. The van der Waals surface area contributed by atoms with E-state index in [4.69, 9.17) is 10.9 Å². The Morgan fingerprint density at radius 3 is 3.06 bits per heavy atom. The first kappa shape index (κ1) is 12.0. The predicted molar refractivity (Wildman–Crippen MR) is 55.7 cm³/mol. The quantitative estimate of drug-likeness (QED) is 0.247. The summed E-state index contributed by atoms with van der Waals surface area (Å²) < 4.78 is 1.59. The summed E-state index contributed by atoms with van der Waals surface area (Å²) in [4.78, 5) is 15.2. The Hall–Kier alpha value is -2.12. The Morgan fingerprint density at radius 2 is 2.50 bits per heavy atom. The second kappa shape index (κ2) is 5.69. The Balaban J connectivity index is 2.23. The lowest BCUT2D eigenvalue weighted by molar-refractivity contribution is -0.119. The third-order valence-corrected chi connectivity index (χ3v) is 1.79. The van der Waals surface area contributed by atoms with Crippen LogP contribution in [-0.2, 0) is 18.3 Å². The van der Waals surface area contributed by atoms with E-state index in [2.05, 4.69) is 20.6 Å². The molecule has 0 aliphatic carbocycles. The zero-order valence-electron chi connectivity index (χ0n) is 8.92. The van der Waals surface area contributed by atoms with E-state index in [0.29, 0.717) is 18.8 Å². The molecule has 88 valence electrons. The molecular formula is C8H14N6O2. The number of amidine groups is 1. The normalized spacial score (nSPS) is 11.4. The third-order valence-electron chi connectivity index (χ3n) is 1.79. The summed E-state index contributed by atoms with van der Waals surface area (Å²) in [5.74, 6) is 0.242. The standard InChI is InChI=1S/C8H14N6O2/c1-14-5-11-7(12-14)2-3-10-8(15)4-6(9)13-16/h5,16H,2-4H2,1H3,(H2,9,13)(H,10,15). The molecule has 0 aliphatic rings. The van der Waals surface area contributed by atoms with E-state index in [0.717, 1.165) is 0 Å². The van der Waals surface area contributed by atoms with Crippen LogP contribution in [-0.4, -0.2) is 38.3 Å². The zero-order chi connectivity index (χ0) is 12.0. The van der Waals surface area contributed by atoms with Crippen molar-refractivity contribution >= 4 is 11.7 Å². The number of hydrogen-bond donors (Lipinski definition) is 3. The molecule has 8 nitrogen and oxygen atoms in total. The first-order valence-electron chi connectivity index (χ1n) is 4.69. The van der Waals surface area contributed by atoms with E-state index >= 15 is 0 Å². The Morgan fingerprint density at radius 1 is 1.75 bits per heavy atom. The van der Waals surface area contributed by atoms with Crippen molar-refractivity contribution in [3.8, 4) is 0 Å². The molecule has 0 bridgehead atoms. The summed E-state index contributed by atoms with van der Waals surface area (Å²) in [6.45, 7) is 0.418. The maximum absolute atomic E-state index is 11.2. The van der Waals surface area contributed by atoms with Crippen LogP contribution in [0.1, 0.15) is 12.2 Å². The number of carbonyl (C=O) groups excluding carboxylic acids is 1. The SMILES string of the molecule is Cn1cnc(CCNC(=O)CC(N)=NO)n1. The monoisotopic (exact) mass is 226 g/mol. The maximum Gasteiger partial charge on any atom is 0.227 e. The van der Waals surface area contributed by atoms with E-state index in [1.807, 2.05) is 0 Å². The van der Waals surface area contributed by atoms with E-state index in [-0.39, 0.29) is 18.2 Å². The summed E-state index contributed by atoms with van der Waals surface area (Å²) >= 11 is 0. The molecule has 0 aliphatic heterocycles. The van der Waals surface area contributed by atoms with Gasteiger partial charge >= 0.3 is 0 Å². The molecule has 0 fully saturated rings. The van der Waals surface area contributed by atoms with Crippen LogP contribution in [0.15, 0.2) is 11.5 Å². The molecule has 1 rings (SSSR count). The molecule has 0 spiro atoms. The van der Waals surface area contributed by atoms with Gasteiger partial charge in [-0.2, -0.15) is 5.10 Å². The highest BCUT2D eigenvalue weighted by Crippen LogP contribution is 1.88. The van der Waals surface area contributed by atoms with Crippen molar-refractivity contribution in [2.45, 2.75) is 12.8 Å². The smallest absolute Gasteiger partial charge is 0.227 e. The van der Waals surface area contributed by atoms with Gasteiger partial charge in [-0.05, 0) is 0 Å². The molecule has 0 aromatic carbocycles. The van der Waals surface area contributed by atoms with E-state index < -0.39 is 0 Å². The van der Waals surface area contributed by atoms with Gasteiger partial charge in [0.15, 0.2) is 5.82 Å². The second-order valence-electron chi connectivity index (χ2n) is 3.20. The van der Waals surface area contributed by atoms with Crippen LogP contribution in [0.25, 0.3) is 0 Å². The maximum atomic E-state index is 11.2. The van der Waals surface area contributed by atoms with Crippen molar-refractivity contribution in [3.05, 3.63) is 12.2 Å². The van der Waals surface area contributed by atoms with Crippen LogP contribution in [0, 0.1) is 0 Å². The van der Waals surface area contributed by atoms with Gasteiger partial charge in [-0.15, -0.1) is 0 Å². The highest BCUT2D eigenvalue weighted by atomic mass is 16.4. The number of aromatic nitrogens is 3. The lowest BCUT2D eigenvalue weighted by atomic mass is 10.3. The summed E-state index contributed by atoms with van der Waals surface area (Å²) in [6.07, 6.45) is 2.02. The third kappa shape index (κ3) is 3.95. The fourth-order valence-electron chi connectivity index (χ4n) is 1.07. The molecule has 16 heavy (non-hydrogen) atoms. The number of nitrogens with zero attached hydrogens (tertiary/aromatic N) is 4. The second-order valence-corrected chi connectivity index (χ2v) is 3.20. The molecule has 0 unspecified atom stereocenters. The number of hydrogen-bond acceptors (Lipinski definition) is 5. The average molecular weight is 226 g/mol. The number of oxime groups is 1. The van der Waals surface area contributed by atoms with Crippen LogP contribution < -0.4 is 11.1 Å². The molecule has 1 aromatic heterocycles. The van der Waals surface area contributed by atoms with Crippen molar-refractivity contribution in [3.63, 3.8) is 0 Å². The summed E-state index contributed by atoms with van der Waals surface area (Å²) in [5, 5.41) is 17.6. The van der Waals surface area contributed by atoms with E-state index in [1.54, 1.807) is 18.1 Å². The van der Waals surface area contributed by atoms with Crippen LogP contribution in [0.3, 0.4) is 0 Å². The highest BCUT2D eigenvalue weighted by molar-refractivity contribution is 5.98. The number of aryl methyl sites for hydroxylation is 1. The van der Waals surface area contributed by atoms with Gasteiger partial charge in [0.2, 0.25) is 5.91 Å². The topological polar surface area (TPSA) is 118 Å². The lowest BCUT2D eigenvalue weighted by Gasteiger charge is -2.02. The molecule has 8 heteroatoms. The van der Waals surface area contributed by atoms with Gasteiger partial charge in [-0.3, -0.25) is 9.48 Å². The summed E-state index contributed by atoms with van der Waals surface area (Å²) in [6, 6.07) is 0. The van der Waals surface area contributed by atoms with Crippen LogP contribution in [0.2, 0.25) is 0 Å². The van der Waals surface area contributed by atoms with Gasteiger partial charge in [0.05, 0.1) is 6.42 Å². The van der Waals surface area contributed by atoms with Crippen LogP contribution in [0.4, 0.5) is 0 Å². The molecule has 1 aromatic rings.